The minimum absolute atomic E-state index is 0.251. The van der Waals surface area contributed by atoms with E-state index >= 15 is 0 Å². The minimum atomic E-state index is 0.251. The van der Waals surface area contributed by atoms with Crippen LogP contribution in [0.1, 0.15) is 31.4 Å². The van der Waals surface area contributed by atoms with Crippen LogP contribution < -0.4 is 0 Å². The molecule has 1 fully saturated rings. The van der Waals surface area contributed by atoms with E-state index in [1.165, 1.54) is 0 Å². The molecule has 0 bridgehead atoms. The molecule has 1 aromatic rings. The lowest BCUT2D eigenvalue weighted by Crippen LogP contribution is -2.46. The number of piperazine rings is 1. The van der Waals surface area contributed by atoms with E-state index < -0.39 is 0 Å². The molecule has 0 unspecified atom stereocenters. The Balaban J connectivity index is 1.89. The SMILES string of the molecule is CC(C)c1nnc(CN2CCN(CCO)CC2)n1C. The molecule has 0 aliphatic carbocycles. The third-order valence-electron chi connectivity index (χ3n) is 3.76. The number of aliphatic hydroxyl groups excluding tert-OH is 1. The molecule has 108 valence electrons. The van der Waals surface area contributed by atoms with E-state index in [9.17, 15) is 0 Å². The van der Waals surface area contributed by atoms with E-state index in [4.69, 9.17) is 5.11 Å². The summed E-state index contributed by atoms with van der Waals surface area (Å²) in [5.74, 6) is 2.50. The summed E-state index contributed by atoms with van der Waals surface area (Å²) in [5.41, 5.74) is 0. The van der Waals surface area contributed by atoms with Crippen molar-refractivity contribution in [1.82, 2.24) is 24.6 Å². The van der Waals surface area contributed by atoms with Crippen LogP contribution in [-0.2, 0) is 13.6 Å². The molecule has 6 heteroatoms. The predicted octanol–water partition coefficient (Wildman–Crippen LogP) is 0.0484. The van der Waals surface area contributed by atoms with Gasteiger partial charge in [0.25, 0.3) is 0 Å². The molecule has 0 spiro atoms. The molecule has 1 aliphatic rings. The topological polar surface area (TPSA) is 57.4 Å². The number of rotatable bonds is 5. The molecule has 19 heavy (non-hydrogen) atoms. The Kier molecular flexibility index (Phi) is 4.90. The van der Waals surface area contributed by atoms with Gasteiger partial charge in [-0.15, -0.1) is 10.2 Å². The van der Waals surface area contributed by atoms with Gasteiger partial charge in [-0.05, 0) is 0 Å². The number of hydrogen-bond acceptors (Lipinski definition) is 5. The first-order valence-electron chi connectivity index (χ1n) is 7.05. The van der Waals surface area contributed by atoms with Crippen LogP contribution in [0.2, 0.25) is 0 Å². The highest BCUT2D eigenvalue weighted by molar-refractivity contribution is 4.99. The summed E-state index contributed by atoms with van der Waals surface area (Å²) in [7, 11) is 2.05. The van der Waals surface area contributed by atoms with E-state index in [2.05, 4.69) is 38.4 Å². The van der Waals surface area contributed by atoms with E-state index in [-0.39, 0.29) is 6.61 Å². The number of aromatic nitrogens is 3. The second-order valence-corrected chi connectivity index (χ2v) is 5.53. The minimum Gasteiger partial charge on any atom is -0.395 e. The lowest BCUT2D eigenvalue weighted by atomic mass is 10.2. The van der Waals surface area contributed by atoms with E-state index in [0.29, 0.717) is 5.92 Å². The summed E-state index contributed by atoms with van der Waals surface area (Å²) in [6.45, 7) is 10.3. The second-order valence-electron chi connectivity index (χ2n) is 5.53. The summed E-state index contributed by atoms with van der Waals surface area (Å²) < 4.78 is 2.12. The zero-order valence-electron chi connectivity index (χ0n) is 12.2. The zero-order valence-corrected chi connectivity index (χ0v) is 12.2. The van der Waals surface area contributed by atoms with Crippen LogP contribution in [-0.4, -0.2) is 69.0 Å². The molecule has 0 aromatic carbocycles. The van der Waals surface area contributed by atoms with Crippen LogP contribution in [0.25, 0.3) is 0 Å². The van der Waals surface area contributed by atoms with Gasteiger partial charge < -0.3 is 9.67 Å². The Morgan fingerprint density at radius 2 is 1.74 bits per heavy atom. The molecule has 2 heterocycles. The Hall–Kier alpha value is -0.980. The van der Waals surface area contributed by atoms with E-state index in [1.807, 2.05) is 7.05 Å². The van der Waals surface area contributed by atoms with Gasteiger partial charge in [0, 0.05) is 45.7 Å². The maximum atomic E-state index is 8.93. The van der Waals surface area contributed by atoms with Gasteiger partial charge >= 0.3 is 0 Å². The Bertz CT molecular complexity index is 396. The maximum absolute atomic E-state index is 8.93. The molecule has 1 N–H and O–H groups in total. The number of aliphatic hydroxyl groups is 1. The van der Waals surface area contributed by atoms with E-state index in [0.717, 1.165) is 50.9 Å². The van der Waals surface area contributed by atoms with Gasteiger partial charge in [-0.25, -0.2) is 0 Å². The lowest BCUT2D eigenvalue weighted by molar-refractivity contribution is 0.106. The maximum Gasteiger partial charge on any atom is 0.146 e. The van der Waals surface area contributed by atoms with Crippen LogP contribution in [0.3, 0.4) is 0 Å². The fraction of sp³-hybridized carbons (Fsp3) is 0.846. The lowest BCUT2D eigenvalue weighted by Gasteiger charge is -2.33. The normalized spacial score (nSPS) is 18.4. The fourth-order valence-electron chi connectivity index (χ4n) is 2.53. The van der Waals surface area contributed by atoms with Gasteiger partial charge in [0.1, 0.15) is 11.6 Å². The molecule has 1 aromatic heterocycles. The number of nitrogens with zero attached hydrogens (tertiary/aromatic N) is 5. The predicted molar refractivity (Wildman–Crippen MR) is 73.9 cm³/mol. The van der Waals surface area contributed by atoms with Crippen molar-refractivity contribution in [3.8, 4) is 0 Å². The van der Waals surface area contributed by atoms with Crippen molar-refractivity contribution in [2.75, 3.05) is 39.3 Å². The van der Waals surface area contributed by atoms with Crippen LogP contribution >= 0.6 is 0 Å². The third-order valence-corrected chi connectivity index (χ3v) is 3.76. The monoisotopic (exact) mass is 267 g/mol. The average molecular weight is 267 g/mol. The highest BCUT2D eigenvalue weighted by Gasteiger charge is 2.19. The summed E-state index contributed by atoms with van der Waals surface area (Å²) in [6, 6.07) is 0. The van der Waals surface area contributed by atoms with Crippen LogP contribution in [0.15, 0.2) is 0 Å². The van der Waals surface area contributed by atoms with Gasteiger partial charge in [0.15, 0.2) is 0 Å². The molecular weight excluding hydrogens is 242 g/mol. The molecule has 1 saturated heterocycles. The second kappa shape index (κ2) is 6.45. The van der Waals surface area contributed by atoms with E-state index in [1.54, 1.807) is 0 Å². The van der Waals surface area contributed by atoms with Crippen molar-refractivity contribution in [3.63, 3.8) is 0 Å². The Morgan fingerprint density at radius 3 is 2.26 bits per heavy atom. The van der Waals surface area contributed by atoms with Crippen molar-refractivity contribution in [2.24, 2.45) is 7.05 Å². The summed E-state index contributed by atoms with van der Waals surface area (Å²) in [5, 5.41) is 17.5. The number of β-amino-alcohol motifs (C(OH)–C–C–N with tert-alkyl or cyclic N) is 1. The first kappa shape index (κ1) is 14.4. The van der Waals surface area contributed by atoms with Crippen molar-refractivity contribution >= 4 is 0 Å². The van der Waals surface area contributed by atoms with Crippen LogP contribution in [0, 0.1) is 0 Å². The molecule has 0 amide bonds. The van der Waals surface area contributed by atoms with Crippen LogP contribution in [0.4, 0.5) is 0 Å². The zero-order chi connectivity index (χ0) is 13.8. The van der Waals surface area contributed by atoms with Gasteiger partial charge in [-0.3, -0.25) is 9.80 Å². The highest BCUT2D eigenvalue weighted by atomic mass is 16.3. The first-order valence-corrected chi connectivity index (χ1v) is 7.05. The summed E-state index contributed by atoms with van der Waals surface area (Å²) in [6.07, 6.45) is 0. The fourth-order valence-corrected chi connectivity index (χ4v) is 2.53. The third kappa shape index (κ3) is 3.52. The quantitative estimate of drug-likeness (QED) is 0.817. The number of hydrogen-bond donors (Lipinski definition) is 1. The highest BCUT2D eigenvalue weighted by Crippen LogP contribution is 2.13. The Labute approximate surface area is 115 Å². The molecular formula is C13H25N5O. The molecule has 0 atom stereocenters. The van der Waals surface area contributed by atoms with Crippen molar-refractivity contribution in [1.29, 1.82) is 0 Å². The van der Waals surface area contributed by atoms with Crippen molar-refractivity contribution < 1.29 is 5.11 Å². The van der Waals surface area contributed by atoms with Gasteiger partial charge in [0.05, 0.1) is 13.2 Å². The van der Waals surface area contributed by atoms with Gasteiger partial charge in [-0.1, -0.05) is 13.8 Å². The molecule has 1 aliphatic heterocycles. The summed E-state index contributed by atoms with van der Waals surface area (Å²) in [4.78, 5) is 4.70. The molecule has 6 nitrogen and oxygen atoms in total. The van der Waals surface area contributed by atoms with Gasteiger partial charge in [-0.2, -0.15) is 0 Å². The van der Waals surface area contributed by atoms with Crippen molar-refractivity contribution in [2.45, 2.75) is 26.3 Å². The standard InChI is InChI=1S/C13H25N5O/c1-11(2)13-15-14-12(16(13)3)10-18-6-4-17(5-7-18)8-9-19/h11,19H,4-10H2,1-3H3. The molecule has 0 saturated carbocycles. The van der Waals surface area contributed by atoms with Crippen molar-refractivity contribution in [3.05, 3.63) is 11.6 Å². The smallest absolute Gasteiger partial charge is 0.146 e. The Morgan fingerprint density at radius 1 is 1.11 bits per heavy atom. The van der Waals surface area contributed by atoms with Gasteiger partial charge in [0.2, 0.25) is 0 Å². The largest absolute Gasteiger partial charge is 0.395 e. The molecule has 0 radical (unpaired) electrons. The summed E-state index contributed by atoms with van der Waals surface area (Å²) >= 11 is 0. The average Bonchev–Trinajstić information content (AvgIpc) is 2.74. The molecule has 2 rings (SSSR count). The van der Waals surface area contributed by atoms with Crippen LogP contribution in [0.5, 0.6) is 0 Å². The first-order chi connectivity index (χ1) is 9.11.